The molecule has 7 nitrogen and oxygen atoms in total. The summed E-state index contributed by atoms with van der Waals surface area (Å²) in [5.74, 6) is 0. The van der Waals surface area contributed by atoms with E-state index >= 15 is 0 Å². The summed E-state index contributed by atoms with van der Waals surface area (Å²) in [5, 5.41) is 18.8. The zero-order valence-electron chi connectivity index (χ0n) is 12.7. The third-order valence-corrected chi connectivity index (χ3v) is 4.25. The molecule has 0 saturated heterocycles. The molecule has 0 atom stereocenters. The predicted octanol–water partition coefficient (Wildman–Crippen LogP) is 2.00. The monoisotopic (exact) mass is 371 g/mol. The fourth-order valence-corrected chi connectivity index (χ4v) is 2.56. The zero-order chi connectivity index (χ0) is 16.9. The van der Waals surface area contributed by atoms with Crippen molar-refractivity contribution < 1.29 is 13.3 Å². The number of halogens is 1. The van der Waals surface area contributed by atoms with Crippen molar-refractivity contribution in [3.63, 3.8) is 0 Å². The van der Waals surface area contributed by atoms with E-state index in [1.54, 1.807) is 24.3 Å². The molecule has 2 aromatic rings. The SMILES string of the molecule is Cl.NS(=O)(=O)c1ccc(CCNCc2ccc([N+](=O)[O-])cc2)cc1. The minimum absolute atomic E-state index is 0. The molecule has 3 N–H and O–H groups in total. The molecular formula is C15H18ClN3O4S. The first-order valence-corrected chi connectivity index (χ1v) is 8.47. The van der Waals surface area contributed by atoms with Gasteiger partial charge < -0.3 is 5.32 Å². The molecule has 130 valence electrons. The lowest BCUT2D eigenvalue weighted by Gasteiger charge is -2.06. The third kappa shape index (κ3) is 5.89. The van der Waals surface area contributed by atoms with Crippen LogP contribution in [0.2, 0.25) is 0 Å². The summed E-state index contributed by atoms with van der Waals surface area (Å²) in [5.41, 5.74) is 2.03. The van der Waals surface area contributed by atoms with E-state index in [0.29, 0.717) is 13.1 Å². The van der Waals surface area contributed by atoms with Gasteiger partial charge in [-0.15, -0.1) is 12.4 Å². The molecule has 0 bridgehead atoms. The Morgan fingerprint density at radius 2 is 1.54 bits per heavy atom. The van der Waals surface area contributed by atoms with Gasteiger partial charge in [0.2, 0.25) is 10.0 Å². The molecule has 0 unspecified atom stereocenters. The van der Waals surface area contributed by atoms with E-state index in [-0.39, 0.29) is 23.0 Å². The molecular weight excluding hydrogens is 354 g/mol. The number of sulfonamides is 1. The van der Waals surface area contributed by atoms with Gasteiger partial charge >= 0.3 is 0 Å². The summed E-state index contributed by atoms with van der Waals surface area (Å²) in [6.07, 6.45) is 0.734. The van der Waals surface area contributed by atoms with Crippen LogP contribution in [0.5, 0.6) is 0 Å². The van der Waals surface area contributed by atoms with E-state index in [1.165, 1.54) is 24.3 Å². The summed E-state index contributed by atoms with van der Waals surface area (Å²) in [6, 6.07) is 12.8. The molecule has 0 saturated carbocycles. The molecule has 2 rings (SSSR count). The highest BCUT2D eigenvalue weighted by atomic mass is 35.5. The average Bonchev–Trinajstić information content (AvgIpc) is 2.51. The number of hydrogen-bond donors (Lipinski definition) is 2. The molecule has 0 fully saturated rings. The quantitative estimate of drug-likeness (QED) is 0.438. The van der Waals surface area contributed by atoms with Gasteiger partial charge in [0.25, 0.3) is 5.69 Å². The van der Waals surface area contributed by atoms with Crippen molar-refractivity contribution in [2.24, 2.45) is 5.14 Å². The van der Waals surface area contributed by atoms with Crippen molar-refractivity contribution in [2.45, 2.75) is 17.9 Å². The van der Waals surface area contributed by atoms with Crippen molar-refractivity contribution in [2.75, 3.05) is 6.54 Å². The number of hydrogen-bond acceptors (Lipinski definition) is 5. The topological polar surface area (TPSA) is 115 Å². The van der Waals surface area contributed by atoms with Gasteiger partial charge in [-0.05, 0) is 36.2 Å². The second-order valence-corrected chi connectivity index (χ2v) is 6.60. The van der Waals surface area contributed by atoms with Gasteiger partial charge in [-0.2, -0.15) is 0 Å². The third-order valence-electron chi connectivity index (χ3n) is 3.32. The number of nitrogens with zero attached hydrogens (tertiary/aromatic N) is 1. The highest BCUT2D eigenvalue weighted by molar-refractivity contribution is 7.89. The van der Waals surface area contributed by atoms with Crippen molar-refractivity contribution >= 4 is 28.1 Å². The molecule has 9 heteroatoms. The molecule has 0 amide bonds. The number of rotatable bonds is 7. The Labute approximate surface area is 146 Å². The number of benzene rings is 2. The summed E-state index contributed by atoms with van der Waals surface area (Å²) in [6.45, 7) is 1.30. The first-order chi connectivity index (χ1) is 10.9. The van der Waals surface area contributed by atoms with Crippen LogP contribution in [-0.2, 0) is 23.0 Å². The fourth-order valence-electron chi connectivity index (χ4n) is 2.05. The lowest BCUT2D eigenvalue weighted by atomic mass is 10.1. The van der Waals surface area contributed by atoms with Crippen LogP contribution in [0.1, 0.15) is 11.1 Å². The summed E-state index contributed by atoms with van der Waals surface area (Å²) in [7, 11) is -3.65. The van der Waals surface area contributed by atoms with E-state index in [0.717, 1.165) is 17.5 Å². The van der Waals surface area contributed by atoms with Crippen LogP contribution in [0, 0.1) is 10.1 Å². The van der Waals surface area contributed by atoms with E-state index in [2.05, 4.69) is 5.32 Å². The van der Waals surface area contributed by atoms with Gasteiger partial charge in [0.05, 0.1) is 9.82 Å². The Balaban J connectivity index is 0.00000288. The minimum atomic E-state index is -3.65. The fraction of sp³-hybridized carbons (Fsp3) is 0.200. The first-order valence-electron chi connectivity index (χ1n) is 6.92. The number of primary sulfonamides is 1. The van der Waals surface area contributed by atoms with Gasteiger partial charge in [-0.25, -0.2) is 13.6 Å². The largest absolute Gasteiger partial charge is 0.312 e. The standard InChI is InChI=1S/C15H17N3O4S.ClH/c16-23(21,22)15-7-3-12(4-8-15)9-10-17-11-13-1-5-14(6-2-13)18(19)20;/h1-8,17H,9-11H2,(H2,16,21,22);1H. The van der Waals surface area contributed by atoms with E-state index in [1.807, 2.05) is 0 Å². The Kier molecular flexibility index (Phi) is 7.30. The average molecular weight is 372 g/mol. The summed E-state index contributed by atoms with van der Waals surface area (Å²) < 4.78 is 22.3. The number of nitrogens with one attached hydrogen (secondary N) is 1. The Morgan fingerprint density at radius 3 is 2.04 bits per heavy atom. The van der Waals surface area contributed by atoms with E-state index in [4.69, 9.17) is 5.14 Å². The van der Waals surface area contributed by atoms with E-state index < -0.39 is 14.9 Å². The van der Waals surface area contributed by atoms with Gasteiger partial charge in [0, 0.05) is 18.7 Å². The van der Waals surface area contributed by atoms with Gasteiger partial charge in [0.1, 0.15) is 0 Å². The Morgan fingerprint density at radius 1 is 1.00 bits per heavy atom. The van der Waals surface area contributed by atoms with Crippen LogP contribution < -0.4 is 10.5 Å². The number of nitrogens with two attached hydrogens (primary N) is 1. The Hall–Kier alpha value is -2.00. The van der Waals surface area contributed by atoms with Crippen molar-refractivity contribution in [1.29, 1.82) is 0 Å². The zero-order valence-corrected chi connectivity index (χ0v) is 14.3. The van der Waals surface area contributed by atoms with Gasteiger partial charge in [0.15, 0.2) is 0 Å². The van der Waals surface area contributed by atoms with Crippen LogP contribution in [0.4, 0.5) is 5.69 Å². The maximum Gasteiger partial charge on any atom is 0.269 e. The molecule has 0 spiro atoms. The maximum absolute atomic E-state index is 11.2. The molecule has 0 aromatic heterocycles. The highest BCUT2D eigenvalue weighted by Crippen LogP contribution is 2.12. The minimum Gasteiger partial charge on any atom is -0.312 e. The van der Waals surface area contributed by atoms with Crippen LogP contribution in [0.3, 0.4) is 0 Å². The second-order valence-electron chi connectivity index (χ2n) is 5.04. The van der Waals surface area contributed by atoms with E-state index in [9.17, 15) is 18.5 Å². The summed E-state index contributed by atoms with van der Waals surface area (Å²) in [4.78, 5) is 10.2. The molecule has 0 aliphatic heterocycles. The van der Waals surface area contributed by atoms with Crippen molar-refractivity contribution in [1.82, 2.24) is 5.32 Å². The number of non-ortho nitro benzene ring substituents is 1. The van der Waals surface area contributed by atoms with Crippen molar-refractivity contribution in [3.05, 3.63) is 69.8 Å². The lowest BCUT2D eigenvalue weighted by molar-refractivity contribution is -0.384. The predicted molar refractivity (Wildman–Crippen MR) is 93.6 cm³/mol. The normalized spacial score (nSPS) is 10.9. The Bertz CT molecular complexity index is 777. The highest BCUT2D eigenvalue weighted by Gasteiger charge is 2.06. The molecule has 0 heterocycles. The number of nitro benzene ring substituents is 1. The van der Waals surface area contributed by atoms with Crippen molar-refractivity contribution in [3.8, 4) is 0 Å². The van der Waals surface area contributed by atoms with Gasteiger partial charge in [-0.3, -0.25) is 10.1 Å². The molecule has 0 aliphatic rings. The smallest absolute Gasteiger partial charge is 0.269 e. The molecule has 0 radical (unpaired) electrons. The molecule has 24 heavy (non-hydrogen) atoms. The van der Waals surface area contributed by atoms with Gasteiger partial charge in [-0.1, -0.05) is 24.3 Å². The molecule has 2 aromatic carbocycles. The second kappa shape index (κ2) is 8.74. The van der Waals surface area contributed by atoms with Crippen LogP contribution in [0.25, 0.3) is 0 Å². The molecule has 0 aliphatic carbocycles. The number of nitro groups is 1. The van der Waals surface area contributed by atoms with Crippen LogP contribution in [0.15, 0.2) is 53.4 Å². The first kappa shape index (κ1) is 20.0. The summed E-state index contributed by atoms with van der Waals surface area (Å²) >= 11 is 0. The van der Waals surface area contributed by atoms with Crippen LogP contribution >= 0.6 is 12.4 Å². The maximum atomic E-state index is 11.2. The lowest BCUT2D eigenvalue weighted by Crippen LogP contribution is -2.17. The van der Waals surface area contributed by atoms with Crippen LogP contribution in [-0.4, -0.2) is 19.9 Å².